The minimum absolute atomic E-state index is 0.0300. The van der Waals surface area contributed by atoms with Crippen LogP contribution >= 0.6 is 0 Å². The molecule has 0 aromatic heterocycles. The van der Waals surface area contributed by atoms with Crippen LogP contribution in [0.4, 0.5) is 5.69 Å². The van der Waals surface area contributed by atoms with E-state index < -0.39 is 15.6 Å². The fourth-order valence-electron chi connectivity index (χ4n) is 3.09. The summed E-state index contributed by atoms with van der Waals surface area (Å²) in [6.07, 6.45) is 1.89. The Morgan fingerprint density at radius 3 is 2.48 bits per heavy atom. The molecule has 8 heteroatoms. The Balaban J connectivity index is 2.10. The molecule has 0 bridgehead atoms. The van der Waals surface area contributed by atoms with Gasteiger partial charge >= 0.3 is 0 Å². The normalized spacial score (nSPS) is 16.4. The second-order valence-electron chi connectivity index (χ2n) is 7.06. The van der Waals surface area contributed by atoms with Gasteiger partial charge in [0, 0.05) is 18.8 Å². The van der Waals surface area contributed by atoms with Crippen LogP contribution in [0.1, 0.15) is 39.2 Å². The number of nitrogens with zero attached hydrogens (tertiary/aromatic N) is 2. The van der Waals surface area contributed by atoms with E-state index in [0.717, 1.165) is 12.8 Å². The first-order valence-electron chi connectivity index (χ1n) is 9.24. The van der Waals surface area contributed by atoms with E-state index in [1.165, 1.54) is 4.31 Å². The first-order chi connectivity index (χ1) is 12.7. The summed E-state index contributed by atoms with van der Waals surface area (Å²) in [6.45, 7) is 7.85. The van der Waals surface area contributed by atoms with Crippen LogP contribution in [0.3, 0.4) is 0 Å². The van der Waals surface area contributed by atoms with Crippen LogP contribution in [-0.2, 0) is 14.8 Å². The molecule has 0 radical (unpaired) electrons. The molecule has 0 aliphatic heterocycles. The highest BCUT2D eigenvalue weighted by Crippen LogP contribution is 2.39. The van der Waals surface area contributed by atoms with E-state index in [1.54, 1.807) is 45.9 Å². The first kappa shape index (κ1) is 21.2. The third-order valence-electron chi connectivity index (χ3n) is 4.99. The molecule has 1 aromatic rings. The van der Waals surface area contributed by atoms with Crippen molar-refractivity contribution < 1.29 is 13.2 Å². The minimum Gasteiger partial charge on any atom is -0.376 e. The molecule has 1 fully saturated rings. The molecule has 2 N–H and O–H groups in total. The molecule has 7 nitrogen and oxygen atoms in total. The molecular weight excluding hydrogens is 364 g/mol. The number of hydrogen-bond donors (Lipinski definition) is 2. The third-order valence-corrected chi connectivity index (χ3v) is 7.18. The fourth-order valence-corrected chi connectivity index (χ4v) is 4.80. The summed E-state index contributed by atoms with van der Waals surface area (Å²) in [5, 5.41) is 15.1. The standard InChI is InChI=1S/C19H28N4O3S/c1-5-23(6-2)27(25,26)17-11-16(10-7-14(17)3)21-12-18(24)22-19(4,13-20)15-8-9-15/h7,10-11,15,21H,5-6,8-9,12H2,1-4H3,(H,22,24). The van der Waals surface area contributed by atoms with E-state index in [0.29, 0.717) is 24.3 Å². The number of carbonyl (C=O) groups is 1. The lowest BCUT2D eigenvalue weighted by Gasteiger charge is -2.23. The van der Waals surface area contributed by atoms with Crippen LogP contribution in [0.5, 0.6) is 0 Å². The van der Waals surface area contributed by atoms with Gasteiger partial charge in [-0.15, -0.1) is 0 Å². The Labute approximate surface area is 161 Å². The average Bonchev–Trinajstić information content (AvgIpc) is 3.47. The minimum atomic E-state index is -3.58. The molecule has 1 aromatic carbocycles. The van der Waals surface area contributed by atoms with Crippen molar-refractivity contribution in [1.29, 1.82) is 5.26 Å². The summed E-state index contributed by atoms with van der Waals surface area (Å²) in [5.41, 5.74) is 0.359. The summed E-state index contributed by atoms with van der Waals surface area (Å²) in [7, 11) is -3.58. The summed E-state index contributed by atoms with van der Waals surface area (Å²) in [5.74, 6) is -0.0867. The van der Waals surface area contributed by atoms with Crippen molar-refractivity contribution in [2.45, 2.75) is 51.0 Å². The number of carbonyl (C=O) groups excluding carboxylic acids is 1. The number of rotatable bonds is 9. The van der Waals surface area contributed by atoms with E-state index in [2.05, 4.69) is 16.7 Å². The van der Waals surface area contributed by atoms with Crippen molar-refractivity contribution in [3.8, 4) is 6.07 Å². The number of nitrogens with one attached hydrogen (secondary N) is 2. The molecule has 1 amide bonds. The predicted octanol–water partition coefficient (Wildman–Crippen LogP) is 2.25. The number of hydrogen-bond acceptors (Lipinski definition) is 5. The second-order valence-corrected chi connectivity index (χ2v) is 8.97. The summed E-state index contributed by atoms with van der Waals surface area (Å²) in [4.78, 5) is 12.5. The molecule has 0 heterocycles. The number of nitriles is 1. The van der Waals surface area contributed by atoms with E-state index >= 15 is 0 Å². The number of benzene rings is 1. The first-order valence-corrected chi connectivity index (χ1v) is 10.7. The van der Waals surface area contributed by atoms with E-state index in [1.807, 2.05) is 0 Å². The van der Waals surface area contributed by atoms with Crippen molar-refractivity contribution in [1.82, 2.24) is 9.62 Å². The van der Waals surface area contributed by atoms with E-state index in [4.69, 9.17) is 0 Å². The molecule has 1 aliphatic rings. The maximum atomic E-state index is 12.8. The molecular formula is C19H28N4O3S. The Morgan fingerprint density at radius 1 is 1.33 bits per heavy atom. The van der Waals surface area contributed by atoms with Crippen molar-refractivity contribution in [3.63, 3.8) is 0 Å². The van der Waals surface area contributed by atoms with Gasteiger partial charge in [-0.05, 0) is 50.3 Å². The molecule has 1 atom stereocenters. The topological polar surface area (TPSA) is 102 Å². The Hall–Kier alpha value is -2.11. The summed E-state index contributed by atoms with van der Waals surface area (Å²) >= 11 is 0. The van der Waals surface area contributed by atoms with Crippen molar-refractivity contribution >= 4 is 21.6 Å². The third kappa shape index (κ3) is 4.79. The zero-order valence-electron chi connectivity index (χ0n) is 16.4. The summed E-state index contributed by atoms with van der Waals surface area (Å²) < 4.78 is 27.0. The zero-order valence-corrected chi connectivity index (χ0v) is 17.2. The molecule has 148 valence electrons. The van der Waals surface area contributed by atoms with Gasteiger partial charge in [0.1, 0.15) is 5.54 Å². The Morgan fingerprint density at radius 2 is 1.96 bits per heavy atom. The molecule has 1 unspecified atom stereocenters. The van der Waals surface area contributed by atoms with Gasteiger partial charge in [-0.1, -0.05) is 19.9 Å². The lowest BCUT2D eigenvalue weighted by Crippen LogP contribution is -2.48. The number of amides is 1. The van der Waals surface area contributed by atoms with Gasteiger partial charge in [0.25, 0.3) is 0 Å². The highest BCUT2D eigenvalue weighted by molar-refractivity contribution is 7.89. The molecule has 0 spiro atoms. The molecule has 27 heavy (non-hydrogen) atoms. The van der Waals surface area contributed by atoms with Crippen LogP contribution in [0.25, 0.3) is 0 Å². The van der Waals surface area contributed by atoms with Crippen molar-refractivity contribution in [2.75, 3.05) is 25.0 Å². The van der Waals surface area contributed by atoms with E-state index in [9.17, 15) is 18.5 Å². The largest absolute Gasteiger partial charge is 0.376 e. The predicted molar refractivity (Wildman–Crippen MR) is 105 cm³/mol. The Bertz CT molecular complexity index is 839. The molecule has 2 rings (SSSR count). The highest BCUT2D eigenvalue weighted by Gasteiger charge is 2.42. The van der Waals surface area contributed by atoms with Crippen molar-refractivity contribution in [3.05, 3.63) is 23.8 Å². The fraction of sp³-hybridized carbons (Fsp3) is 0.579. The monoisotopic (exact) mass is 392 g/mol. The van der Waals surface area contributed by atoms with Gasteiger partial charge < -0.3 is 10.6 Å². The smallest absolute Gasteiger partial charge is 0.243 e. The number of anilines is 1. The van der Waals surface area contributed by atoms with E-state index in [-0.39, 0.29) is 23.3 Å². The van der Waals surface area contributed by atoms with Gasteiger partial charge in [0.05, 0.1) is 17.5 Å². The SMILES string of the molecule is CCN(CC)S(=O)(=O)c1cc(NCC(=O)NC(C)(C#N)C2CC2)ccc1C. The summed E-state index contributed by atoms with van der Waals surface area (Å²) in [6, 6.07) is 7.21. The van der Waals surface area contributed by atoms with Crippen LogP contribution in [0.2, 0.25) is 0 Å². The molecule has 0 saturated heterocycles. The van der Waals surface area contributed by atoms with Crippen LogP contribution in [0, 0.1) is 24.2 Å². The lowest BCUT2D eigenvalue weighted by molar-refractivity contribution is -0.120. The van der Waals surface area contributed by atoms with Gasteiger partial charge in [0.2, 0.25) is 15.9 Å². The van der Waals surface area contributed by atoms with Gasteiger partial charge in [0.15, 0.2) is 0 Å². The highest BCUT2D eigenvalue weighted by atomic mass is 32.2. The Kier molecular flexibility index (Phi) is 6.50. The number of sulfonamides is 1. The van der Waals surface area contributed by atoms with Gasteiger partial charge in [-0.3, -0.25) is 4.79 Å². The second kappa shape index (κ2) is 8.28. The average molecular weight is 393 g/mol. The van der Waals surface area contributed by atoms with Crippen LogP contribution in [-0.4, -0.2) is 43.8 Å². The van der Waals surface area contributed by atoms with Crippen molar-refractivity contribution in [2.24, 2.45) is 5.92 Å². The maximum absolute atomic E-state index is 12.8. The quantitative estimate of drug-likeness (QED) is 0.671. The zero-order chi connectivity index (χ0) is 20.2. The number of aryl methyl sites for hydroxylation is 1. The maximum Gasteiger partial charge on any atom is 0.243 e. The molecule has 1 aliphatic carbocycles. The van der Waals surface area contributed by atoms with Gasteiger partial charge in [-0.2, -0.15) is 9.57 Å². The lowest BCUT2D eigenvalue weighted by atomic mass is 9.98. The van der Waals surface area contributed by atoms with Gasteiger partial charge in [-0.25, -0.2) is 8.42 Å². The van der Waals surface area contributed by atoms with Crippen LogP contribution in [0.15, 0.2) is 23.1 Å². The van der Waals surface area contributed by atoms with Crippen LogP contribution < -0.4 is 10.6 Å². The molecule has 1 saturated carbocycles.